The molecule has 1 amide bonds. The van der Waals surface area contributed by atoms with Gasteiger partial charge in [0.25, 0.3) is 0 Å². The molecule has 0 fully saturated rings. The largest absolute Gasteiger partial charge is 0.355 e. The van der Waals surface area contributed by atoms with Crippen LogP contribution in [0.3, 0.4) is 0 Å². The van der Waals surface area contributed by atoms with Crippen LogP contribution in [0.1, 0.15) is 58.3 Å². The molecule has 0 aromatic carbocycles. The van der Waals surface area contributed by atoms with E-state index in [0.29, 0.717) is 13.1 Å². The first-order valence-electron chi connectivity index (χ1n) is 8.33. The highest BCUT2D eigenvalue weighted by molar-refractivity contribution is 7.88. The molecular formula is C16H30N2O3S. The summed E-state index contributed by atoms with van der Waals surface area (Å²) in [6.07, 6.45) is 11.9. The molecule has 128 valence electrons. The van der Waals surface area contributed by atoms with E-state index < -0.39 is 10.0 Å². The van der Waals surface area contributed by atoms with E-state index >= 15 is 0 Å². The van der Waals surface area contributed by atoms with Crippen molar-refractivity contribution in [2.75, 3.05) is 25.9 Å². The summed E-state index contributed by atoms with van der Waals surface area (Å²) in [5, 5.41) is 2.84. The molecule has 5 nitrogen and oxygen atoms in total. The Kier molecular flexibility index (Phi) is 8.71. The highest BCUT2D eigenvalue weighted by Crippen LogP contribution is 2.19. The van der Waals surface area contributed by atoms with Crippen LogP contribution in [0.5, 0.6) is 0 Å². The van der Waals surface area contributed by atoms with Crippen LogP contribution in [-0.2, 0) is 14.8 Å². The molecule has 6 heteroatoms. The highest BCUT2D eigenvalue weighted by atomic mass is 32.2. The van der Waals surface area contributed by atoms with Gasteiger partial charge in [0.15, 0.2) is 0 Å². The van der Waals surface area contributed by atoms with Crippen LogP contribution in [0.2, 0.25) is 0 Å². The molecule has 1 N–H and O–H groups in total. The van der Waals surface area contributed by atoms with E-state index in [2.05, 4.69) is 18.3 Å². The average Bonchev–Trinajstić information content (AvgIpc) is 2.46. The van der Waals surface area contributed by atoms with Gasteiger partial charge < -0.3 is 5.32 Å². The third-order valence-electron chi connectivity index (χ3n) is 3.95. The second-order valence-electron chi connectivity index (χ2n) is 6.01. The molecule has 0 bridgehead atoms. The molecular weight excluding hydrogens is 300 g/mol. The van der Waals surface area contributed by atoms with E-state index in [9.17, 15) is 13.2 Å². The first kappa shape index (κ1) is 19.2. The Hall–Kier alpha value is -0.880. The van der Waals surface area contributed by atoms with Crippen LogP contribution in [0.25, 0.3) is 0 Å². The molecule has 0 spiro atoms. The van der Waals surface area contributed by atoms with Crippen molar-refractivity contribution in [3.05, 3.63) is 11.6 Å². The lowest BCUT2D eigenvalue weighted by Crippen LogP contribution is -2.41. The minimum absolute atomic E-state index is 0.0679. The summed E-state index contributed by atoms with van der Waals surface area (Å²) < 4.78 is 24.7. The molecule has 1 aliphatic rings. The molecule has 22 heavy (non-hydrogen) atoms. The van der Waals surface area contributed by atoms with Crippen molar-refractivity contribution in [2.24, 2.45) is 0 Å². The number of sulfonamides is 1. The van der Waals surface area contributed by atoms with Gasteiger partial charge in [-0.1, -0.05) is 31.4 Å². The van der Waals surface area contributed by atoms with E-state index in [1.54, 1.807) is 0 Å². The van der Waals surface area contributed by atoms with Crippen molar-refractivity contribution in [3.63, 3.8) is 0 Å². The molecule has 0 saturated heterocycles. The summed E-state index contributed by atoms with van der Waals surface area (Å²) in [5.41, 5.74) is 1.41. The Morgan fingerprint density at radius 3 is 2.68 bits per heavy atom. The number of carbonyl (C=O) groups excluding carboxylic acids is 1. The number of unbranched alkanes of at least 4 members (excludes halogenated alkanes) is 2. The quantitative estimate of drug-likeness (QED) is 0.494. The summed E-state index contributed by atoms with van der Waals surface area (Å²) in [6, 6.07) is 0. The van der Waals surface area contributed by atoms with Gasteiger partial charge in [-0.2, -0.15) is 4.31 Å². The summed E-state index contributed by atoms with van der Waals surface area (Å²) in [7, 11) is -3.32. The Balaban J connectivity index is 2.34. The van der Waals surface area contributed by atoms with Crippen molar-refractivity contribution in [1.29, 1.82) is 0 Å². The summed E-state index contributed by atoms with van der Waals surface area (Å²) in [4.78, 5) is 11.9. The van der Waals surface area contributed by atoms with Crippen molar-refractivity contribution in [3.8, 4) is 0 Å². The molecule has 0 unspecified atom stereocenters. The van der Waals surface area contributed by atoms with Gasteiger partial charge in [-0.05, 0) is 38.5 Å². The molecule has 0 atom stereocenters. The van der Waals surface area contributed by atoms with Crippen LogP contribution in [-0.4, -0.2) is 44.5 Å². The van der Waals surface area contributed by atoms with Gasteiger partial charge in [0.2, 0.25) is 15.9 Å². The number of rotatable bonds is 10. The maximum atomic E-state index is 11.9. The van der Waals surface area contributed by atoms with Crippen LogP contribution < -0.4 is 5.32 Å². The Morgan fingerprint density at radius 2 is 2.09 bits per heavy atom. The number of hydrogen-bond donors (Lipinski definition) is 1. The lowest BCUT2D eigenvalue weighted by atomic mass is 9.97. The summed E-state index contributed by atoms with van der Waals surface area (Å²) in [5.74, 6) is -0.210. The fraction of sp³-hybridized carbons (Fsp3) is 0.812. The Morgan fingerprint density at radius 1 is 1.32 bits per heavy atom. The van der Waals surface area contributed by atoms with Crippen molar-refractivity contribution < 1.29 is 13.2 Å². The number of nitrogens with zero attached hydrogens (tertiary/aromatic N) is 1. The van der Waals surface area contributed by atoms with E-state index in [0.717, 1.165) is 38.5 Å². The van der Waals surface area contributed by atoms with Gasteiger partial charge in [-0.25, -0.2) is 8.42 Å². The fourth-order valence-electron chi connectivity index (χ4n) is 2.61. The fourth-order valence-corrected chi connectivity index (χ4v) is 3.42. The first-order valence-corrected chi connectivity index (χ1v) is 10.2. The highest BCUT2D eigenvalue weighted by Gasteiger charge is 2.19. The summed E-state index contributed by atoms with van der Waals surface area (Å²) in [6.45, 7) is 3.02. The maximum Gasteiger partial charge on any atom is 0.235 e. The Labute approximate surface area is 135 Å². The predicted octanol–water partition coefficient (Wildman–Crippen LogP) is 2.44. The number of carbonyl (C=O) groups is 1. The van der Waals surface area contributed by atoms with Crippen LogP contribution in [0, 0.1) is 0 Å². The molecule has 1 aliphatic carbocycles. The van der Waals surface area contributed by atoms with Gasteiger partial charge >= 0.3 is 0 Å². The van der Waals surface area contributed by atoms with Crippen LogP contribution >= 0.6 is 0 Å². The van der Waals surface area contributed by atoms with Crippen molar-refractivity contribution >= 4 is 15.9 Å². The maximum absolute atomic E-state index is 11.9. The number of amides is 1. The number of nitrogens with one attached hydrogen (secondary N) is 1. The zero-order valence-corrected chi connectivity index (χ0v) is 14.8. The van der Waals surface area contributed by atoms with Crippen molar-refractivity contribution in [2.45, 2.75) is 58.3 Å². The van der Waals surface area contributed by atoms with E-state index in [1.165, 1.54) is 29.0 Å². The lowest BCUT2D eigenvalue weighted by Gasteiger charge is -2.19. The molecule has 0 saturated carbocycles. The van der Waals surface area contributed by atoms with Crippen LogP contribution in [0.4, 0.5) is 0 Å². The van der Waals surface area contributed by atoms with Gasteiger partial charge in [0.05, 0.1) is 12.8 Å². The van der Waals surface area contributed by atoms with E-state index in [4.69, 9.17) is 0 Å². The standard InChI is InChI=1S/C16H30N2O3S/c1-3-4-8-13-18(22(2,20)21)14-16(19)17-12-11-15-9-6-5-7-10-15/h9H,3-8,10-14H2,1-2H3,(H,17,19). The molecule has 0 aliphatic heterocycles. The first-order chi connectivity index (χ1) is 10.4. The number of allylic oxidation sites excluding steroid dienone is 1. The van der Waals surface area contributed by atoms with Crippen LogP contribution in [0.15, 0.2) is 11.6 Å². The number of hydrogen-bond acceptors (Lipinski definition) is 3. The lowest BCUT2D eigenvalue weighted by molar-refractivity contribution is -0.121. The SMILES string of the molecule is CCCCCN(CC(=O)NCCC1=CCCCC1)S(C)(=O)=O. The normalized spacial score (nSPS) is 15.7. The van der Waals surface area contributed by atoms with E-state index in [1.807, 2.05) is 0 Å². The molecule has 0 radical (unpaired) electrons. The summed E-state index contributed by atoms with van der Waals surface area (Å²) >= 11 is 0. The molecule has 0 heterocycles. The monoisotopic (exact) mass is 330 g/mol. The molecule has 0 aromatic heterocycles. The third kappa shape index (κ3) is 7.94. The topological polar surface area (TPSA) is 66.5 Å². The minimum Gasteiger partial charge on any atom is -0.355 e. The third-order valence-corrected chi connectivity index (χ3v) is 5.20. The zero-order valence-electron chi connectivity index (χ0n) is 13.9. The van der Waals surface area contributed by atoms with E-state index in [-0.39, 0.29) is 12.5 Å². The zero-order chi connectivity index (χ0) is 16.4. The predicted molar refractivity (Wildman–Crippen MR) is 90.1 cm³/mol. The second kappa shape index (κ2) is 10.0. The second-order valence-corrected chi connectivity index (χ2v) is 7.99. The van der Waals surface area contributed by atoms with Gasteiger partial charge in [0, 0.05) is 13.1 Å². The van der Waals surface area contributed by atoms with Gasteiger partial charge in [0.1, 0.15) is 0 Å². The average molecular weight is 330 g/mol. The smallest absolute Gasteiger partial charge is 0.235 e. The van der Waals surface area contributed by atoms with Gasteiger partial charge in [-0.15, -0.1) is 0 Å². The van der Waals surface area contributed by atoms with Crippen molar-refractivity contribution in [1.82, 2.24) is 9.62 Å². The minimum atomic E-state index is -3.32. The van der Waals surface area contributed by atoms with Gasteiger partial charge in [-0.3, -0.25) is 4.79 Å². The molecule has 1 rings (SSSR count). The molecule has 0 aromatic rings. The Bertz CT molecular complexity index is 472.